The molecule has 0 saturated heterocycles. The maximum atomic E-state index is 12.3. The second-order valence-corrected chi connectivity index (χ2v) is 6.87. The van der Waals surface area contributed by atoms with Crippen LogP contribution in [0, 0.1) is 0 Å². The fourth-order valence-electron chi connectivity index (χ4n) is 2.71. The lowest BCUT2D eigenvalue weighted by molar-refractivity contribution is -0.121. The van der Waals surface area contributed by atoms with Gasteiger partial charge < -0.3 is 9.47 Å². The second-order valence-electron chi connectivity index (χ2n) is 6.43. The van der Waals surface area contributed by atoms with E-state index in [4.69, 9.17) is 21.1 Å². The number of hydrogen-bond donors (Lipinski definition) is 2. The van der Waals surface area contributed by atoms with Crippen molar-refractivity contribution in [2.24, 2.45) is 0 Å². The highest BCUT2D eigenvalue weighted by atomic mass is 35.5. The summed E-state index contributed by atoms with van der Waals surface area (Å²) in [4.78, 5) is 24.4. The van der Waals surface area contributed by atoms with E-state index in [1.807, 2.05) is 12.1 Å². The van der Waals surface area contributed by atoms with Crippen molar-refractivity contribution in [3.63, 3.8) is 0 Å². The maximum absolute atomic E-state index is 12.3. The topological polar surface area (TPSA) is 76.7 Å². The lowest BCUT2D eigenvalue weighted by Crippen LogP contribution is -2.42. The van der Waals surface area contributed by atoms with E-state index in [2.05, 4.69) is 10.9 Å². The molecule has 0 radical (unpaired) electrons. The van der Waals surface area contributed by atoms with Crippen LogP contribution in [0.4, 0.5) is 0 Å². The molecule has 0 aromatic heterocycles. The third-order valence-electron chi connectivity index (χ3n) is 4.29. The van der Waals surface area contributed by atoms with Crippen LogP contribution in [0.25, 0.3) is 0 Å². The first-order valence-corrected chi connectivity index (χ1v) is 9.61. The summed E-state index contributed by atoms with van der Waals surface area (Å²) in [7, 11) is 1.54. The number of amides is 2. The van der Waals surface area contributed by atoms with Crippen molar-refractivity contribution in [2.75, 3.05) is 7.11 Å². The van der Waals surface area contributed by atoms with E-state index < -0.39 is 5.91 Å². The lowest BCUT2D eigenvalue weighted by Gasteiger charge is -2.10. The van der Waals surface area contributed by atoms with Crippen LogP contribution in [0.2, 0.25) is 5.02 Å². The third kappa shape index (κ3) is 5.99. The van der Waals surface area contributed by atoms with E-state index in [1.54, 1.807) is 67.8 Å². The molecular formula is C23H21ClN2O4. The Labute approximate surface area is 179 Å². The summed E-state index contributed by atoms with van der Waals surface area (Å²) in [5, 5.41) is 0.646. The molecule has 154 valence electrons. The third-order valence-corrected chi connectivity index (χ3v) is 4.55. The monoisotopic (exact) mass is 424 g/mol. The minimum Gasteiger partial charge on any atom is -0.496 e. The van der Waals surface area contributed by atoms with Crippen LogP contribution in [0.3, 0.4) is 0 Å². The molecule has 0 bridgehead atoms. The maximum Gasteiger partial charge on any atom is 0.269 e. The molecule has 0 saturated carbocycles. The number of halogens is 1. The van der Waals surface area contributed by atoms with Gasteiger partial charge in [-0.2, -0.15) is 0 Å². The lowest BCUT2D eigenvalue weighted by atomic mass is 10.1. The summed E-state index contributed by atoms with van der Waals surface area (Å²) in [6.07, 6.45) is 0.0886. The Hall–Kier alpha value is -3.51. The van der Waals surface area contributed by atoms with Gasteiger partial charge in [-0.25, -0.2) is 0 Å². The van der Waals surface area contributed by atoms with Crippen LogP contribution in [-0.2, 0) is 17.8 Å². The van der Waals surface area contributed by atoms with Gasteiger partial charge >= 0.3 is 0 Å². The normalized spacial score (nSPS) is 10.2. The number of carbonyl (C=O) groups is 2. The van der Waals surface area contributed by atoms with E-state index in [-0.39, 0.29) is 12.3 Å². The molecule has 0 heterocycles. The zero-order valence-electron chi connectivity index (χ0n) is 16.4. The first kappa shape index (κ1) is 21.2. The van der Waals surface area contributed by atoms with Crippen LogP contribution in [0.5, 0.6) is 11.5 Å². The standard InChI is InChI=1S/C23H21ClN2O4/c1-29-21-5-3-2-4-18(21)14-22(27)25-26-23(28)17-8-6-16(7-9-17)15-30-20-12-10-19(24)11-13-20/h2-13H,14-15H2,1H3,(H,25,27)(H,26,28). The van der Waals surface area contributed by atoms with E-state index in [1.165, 1.54) is 0 Å². The summed E-state index contributed by atoms with van der Waals surface area (Å²) in [6, 6.07) is 21.2. The summed E-state index contributed by atoms with van der Waals surface area (Å²) in [5.41, 5.74) is 6.89. The minimum absolute atomic E-state index is 0.0886. The Balaban J connectivity index is 1.48. The molecule has 0 aliphatic carbocycles. The summed E-state index contributed by atoms with van der Waals surface area (Å²) < 4.78 is 10.9. The molecule has 2 amide bonds. The molecule has 0 unspecified atom stereocenters. The van der Waals surface area contributed by atoms with Crippen molar-refractivity contribution in [3.8, 4) is 11.5 Å². The number of methoxy groups -OCH3 is 1. The van der Waals surface area contributed by atoms with Gasteiger partial charge in [-0.1, -0.05) is 41.9 Å². The number of para-hydroxylation sites is 1. The first-order chi connectivity index (χ1) is 14.5. The summed E-state index contributed by atoms with van der Waals surface area (Å²) in [5.74, 6) is 0.573. The Bertz CT molecular complexity index is 1000. The Morgan fingerprint density at radius 2 is 1.60 bits per heavy atom. The van der Waals surface area contributed by atoms with Crippen molar-refractivity contribution >= 4 is 23.4 Å². The fourth-order valence-corrected chi connectivity index (χ4v) is 2.84. The van der Waals surface area contributed by atoms with E-state index in [0.29, 0.717) is 28.7 Å². The molecule has 30 heavy (non-hydrogen) atoms. The zero-order chi connectivity index (χ0) is 21.3. The molecule has 3 rings (SSSR count). The van der Waals surface area contributed by atoms with Gasteiger partial charge in [0.1, 0.15) is 18.1 Å². The van der Waals surface area contributed by atoms with Crippen LogP contribution in [-0.4, -0.2) is 18.9 Å². The number of hydrazine groups is 1. The van der Waals surface area contributed by atoms with Gasteiger partial charge in [0, 0.05) is 16.1 Å². The smallest absolute Gasteiger partial charge is 0.269 e. The predicted octanol–water partition coefficient (Wildman–Crippen LogP) is 3.93. The average Bonchev–Trinajstić information content (AvgIpc) is 2.78. The average molecular weight is 425 g/mol. The Morgan fingerprint density at radius 1 is 0.900 bits per heavy atom. The molecule has 0 atom stereocenters. The van der Waals surface area contributed by atoms with Gasteiger partial charge in [0.15, 0.2) is 0 Å². The largest absolute Gasteiger partial charge is 0.496 e. The number of carbonyl (C=O) groups excluding carboxylic acids is 2. The molecule has 6 nitrogen and oxygen atoms in total. The molecular weight excluding hydrogens is 404 g/mol. The molecule has 0 aliphatic rings. The van der Waals surface area contributed by atoms with Crippen molar-refractivity contribution in [1.82, 2.24) is 10.9 Å². The molecule has 7 heteroatoms. The summed E-state index contributed by atoms with van der Waals surface area (Å²) in [6.45, 7) is 0.360. The van der Waals surface area contributed by atoms with E-state index >= 15 is 0 Å². The number of ether oxygens (including phenoxy) is 2. The predicted molar refractivity (Wildman–Crippen MR) is 115 cm³/mol. The molecule has 0 aliphatic heterocycles. The van der Waals surface area contributed by atoms with Gasteiger partial charge in [0.05, 0.1) is 13.5 Å². The number of benzene rings is 3. The number of rotatable bonds is 7. The Morgan fingerprint density at radius 3 is 2.30 bits per heavy atom. The van der Waals surface area contributed by atoms with Crippen LogP contribution in [0.15, 0.2) is 72.8 Å². The summed E-state index contributed by atoms with van der Waals surface area (Å²) >= 11 is 5.85. The molecule has 2 N–H and O–H groups in total. The number of hydrogen-bond acceptors (Lipinski definition) is 4. The Kier molecular flexibility index (Phi) is 7.29. The van der Waals surface area contributed by atoms with Gasteiger partial charge in [-0.05, 0) is 48.0 Å². The molecule has 0 fully saturated rings. The van der Waals surface area contributed by atoms with Crippen molar-refractivity contribution in [3.05, 3.63) is 94.5 Å². The second kappa shape index (κ2) is 10.3. The molecule has 3 aromatic rings. The molecule has 0 spiro atoms. The van der Waals surface area contributed by atoms with Gasteiger partial charge in [-0.3, -0.25) is 20.4 Å². The fraction of sp³-hybridized carbons (Fsp3) is 0.130. The highest BCUT2D eigenvalue weighted by molar-refractivity contribution is 6.30. The number of nitrogens with one attached hydrogen (secondary N) is 2. The SMILES string of the molecule is COc1ccccc1CC(=O)NNC(=O)c1ccc(COc2ccc(Cl)cc2)cc1. The van der Waals surface area contributed by atoms with E-state index in [0.717, 1.165) is 11.1 Å². The quantitative estimate of drug-likeness (QED) is 0.563. The van der Waals surface area contributed by atoms with E-state index in [9.17, 15) is 9.59 Å². The van der Waals surface area contributed by atoms with Gasteiger partial charge in [0.25, 0.3) is 5.91 Å². The highest BCUT2D eigenvalue weighted by Gasteiger charge is 2.10. The van der Waals surface area contributed by atoms with Crippen molar-refractivity contribution < 1.29 is 19.1 Å². The molecule has 3 aromatic carbocycles. The highest BCUT2D eigenvalue weighted by Crippen LogP contribution is 2.18. The van der Waals surface area contributed by atoms with Crippen molar-refractivity contribution in [2.45, 2.75) is 13.0 Å². The van der Waals surface area contributed by atoms with Gasteiger partial charge in [0.2, 0.25) is 5.91 Å². The van der Waals surface area contributed by atoms with Gasteiger partial charge in [-0.15, -0.1) is 0 Å². The van der Waals surface area contributed by atoms with Crippen LogP contribution in [0.1, 0.15) is 21.5 Å². The van der Waals surface area contributed by atoms with Crippen LogP contribution >= 0.6 is 11.6 Å². The van der Waals surface area contributed by atoms with Crippen LogP contribution < -0.4 is 20.3 Å². The minimum atomic E-state index is -0.409. The zero-order valence-corrected chi connectivity index (χ0v) is 17.1. The first-order valence-electron chi connectivity index (χ1n) is 9.23. The van der Waals surface area contributed by atoms with Crippen molar-refractivity contribution in [1.29, 1.82) is 0 Å².